The van der Waals surface area contributed by atoms with Crippen molar-refractivity contribution in [2.45, 2.75) is 51.5 Å². The number of hydrogen-bond donors (Lipinski definition) is 0. The molecule has 0 aromatic heterocycles. The Hall–Kier alpha value is -0.703. The minimum absolute atomic E-state index is 0.422. The molecule has 0 atom stereocenters. The second-order valence-electron chi connectivity index (χ2n) is 5.99. The highest BCUT2D eigenvalue weighted by molar-refractivity contribution is 6.53. The van der Waals surface area contributed by atoms with Crippen molar-refractivity contribution in [1.82, 2.24) is 0 Å². The average Bonchev–Trinajstić information content (AvgIpc) is 2.37. The fraction of sp³-hybridized carbons (Fsp3) is 0.625. The molecule has 0 nitrogen and oxygen atoms in total. The van der Waals surface area contributed by atoms with E-state index in [1.54, 1.807) is 0 Å². The third kappa shape index (κ3) is 4.72. The van der Waals surface area contributed by atoms with E-state index in [9.17, 15) is 8.78 Å². The van der Waals surface area contributed by atoms with Crippen LogP contribution < -0.4 is 5.19 Å². The summed E-state index contributed by atoms with van der Waals surface area (Å²) in [6.45, 7) is 2.26. The SMILES string of the molecule is CCCC1CCC(C[SiH2]c2cc(F)cc(F)c2)CC1. The lowest BCUT2D eigenvalue weighted by Crippen LogP contribution is -2.21. The van der Waals surface area contributed by atoms with Crippen LogP contribution in [0.4, 0.5) is 8.78 Å². The summed E-state index contributed by atoms with van der Waals surface area (Å²) in [5.74, 6) is 0.906. The Labute approximate surface area is 117 Å². The molecule has 0 heterocycles. The average molecular weight is 282 g/mol. The predicted octanol–water partition coefficient (Wildman–Crippen LogP) is 3.78. The predicted molar refractivity (Wildman–Crippen MR) is 79.7 cm³/mol. The fourth-order valence-electron chi connectivity index (χ4n) is 3.34. The van der Waals surface area contributed by atoms with Gasteiger partial charge in [-0.05, 0) is 24.0 Å². The van der Waals surface area contributed by atoms with E-state index < -0.39 is 21.2 Å². The van der Waals surface area contributed by atoms with E-state index in [-0.39, 0.29) is 0 Å². The molecule has 1 aliphatic rings. The van der Waals surface area contributed by atoms with Gasteiger partial charge in [-0.3, -0.25) is 0 Å². The van der Waals surface area contributed by atoms with Crippen LogP contribution in [0.15, 0.2) is 18.2 Å². The highest BCUT2D eigenvalue weighted by Gasteiger charge is 2.20. The summed E-state index contributed by atoms with van der Waals surface area (Å²) in [6.07, 6.45) is 8.06. The van der Waals surface area contributed by atoms with Crippen LogP contribution in [-0.2, 0) is 0 Å². The summed E-state index contributed by atoms with van der Waals surface area (Å²) in [6, 6.07) is 5.23. The van der Waals surface area contributed by atoms with E-state index in [4.69, 9.17) is 0 Å². The molecule has 0 amide bonds. The lowest BCUT2D eigenvalue weighted by Gasteiger charge is -2.28. The molecule has 0 aliphatic heterocycles. The van der Waals surface area contributed by atoms with Gasteiger partial charge in [0.2, 0.25) is 0 Å². The molecule has 3 heteroatoms. The van der Waals surface area contributed by atoms with Crippen LogP contribution >= 0.6 is 0 Å². The molecule has 1 saturated carbocycles. The van der Waals surface area contributed by atoms with Gasteiger partial charge in [0.1, 0.15) is 11.6 Å². The first-order valence-electron chi connectivity index (χ1n) is 7.62. The van der Waals surface area contributed by atoms with Gasteiger partial charge >= 0.3 is 0 Å². The van der Waals surface area contributed by atoms with Crippen LogP contribution in [0.3, 0.4) is 0 Å². The standard InChI is InChI=1S/C16H24F2Si/c1-2-3-12-4-6-13(7-5-12)11-19-16-9-14(17)8-15(18)10-16/h8-10,12-13H,2-7,11,19H2,1H3. The lowest BCUT2D eigenvalue weighted by atomic mass is 9.81. The lowest BCUT2D eigenvalue weighted by molar-refractivity contribution is 0.276. The molecule has 0 saturated heterocycles. The van der Waals surface area contributed by atoms with E-state index in [1.165, 1.54) is 56.7 Å². The highest BCUT2D eigenvalue weighted by atomic mass is 28.2. The smallest absolute Gasteiger partial charge is 0.125 e. The molecule has 0 spiro atoms. The van der Waals surface area contributed by atoms with Gasteiger partial charge in [0, 0.05) is 6.07 Å². The molecule has 1 aliphatic carbocycles. The molecule has 2 rings (SSSR count). The normalized spacial score (nSPS) is 24.2. The van der Waals surface area contributed by atoms with Crippen molar-refractivity contribution in [2.75, 3.05) is 0 Å². The fourth-order valence-corrected chi connectivity index (χ4v) is 5.34. The molecule has 0 radical (unpaired) electrons. The second kappa shape index (κ2) is 7.18. The zero-order chi connectivity index (χ0) is 13.7. The second-order valence-corrected chi connectivity index (χ2v) is 7.89. The van der Waals surface area contributed by atoms with Crippen LogP contribution in [0.25, 0.3) is 0 Å². The van der Waals surface area contributed by atoms with Crippen LogP contribution in [0, 0.1) is 23.5 Å². The molecule has 1 aromatic carbocycles. The highest BCUT2D eigenvalue weighted by Crippen LogP contribution is 2.33. The minimum atomic E-state index is -0.507. The maximum atomic E-state index is 13.1. The van der Waals surface area contributed by atoms with Gasteiger partial charge in [-0.2, -0.15) is 0 Å². The summed E-state index contributed by atoms with van der Waals surface area (Å²) >= 11 is 0. The van der Waals surface area contributed by atoms with Gasteiger partial charge in [-0.1, -0.05) is 56.7 Å². The van der Waals surface area contributed by atoms with Crippen LogP contribution in [0.5, 0.6) is 0 Å². The Morgan fingerprint density at radius 3 is 2.16 bits per heavy atom. The Bertz CT molecular complexity index is 377. The van der Waals surface area contributed by atoms with Gasteiger partial charge < -0.3 is 0 Å². The molecule has 0 bridgehead atoms. The monoisotopic (exact) mass is 282 g/mol. The Morgan fingerprint density at radius 1 is 1.00 bits per heavy atom. The van der Waals surface area contributed by atoms with Gasteiger partial charge in [-0.25, -0.2) is 8.78 Å². The van der Waals surface area contributed by atoms with E-state index in [0.29, 0.717) is 0 Å². The molecule has 106 valence electrons. The summed E-state index contributed by atoms with van der Waals surface area (Å²) in [5.41, 5.74) is 0. The summed E-state index contributed by atoms with van der Waals surface area (Å²) in [7, 11) is -0.507. The number of hydrogen-bond acceptors (Lipinski definition) is 0. The minimum Gasteiger partial charge on any atom is -0.207 e. The van der Waals surface area contributed by atoms with Crippen LogP contribution in [0.2, 0.25) is 6.04 Å². The number of benzene rings is 1. The maximum absolute atomic E-state index is 13.1. The van der Waals surface area contributed by atoms with E-state index >= 15 is 0 Å². The third-order valence-electron chi connectivity index (χ3n) is 4.43. The Morgan fingerprint density at radius 2 is 1.58 bits per heavy atom. The van der Waals surface area contributed by atoms with Crippen molar-refractivity contribution in [3.05, 3.63) is 29.8 Å². The molecule has 0 unspecified atom stereocenters. The van der Waals surface area contributed by atoms with E-state index in [2.05, 4.69) is 6.92 Å². The van der Waals surface area contributed by atoms with Crippen LogP contribution in [-0.4, -0.2) is 9.52 Å². The first-order valence-corrected chi connectivity index (χ1v) is 9.33. The van der Waals surface area contributed by atoms with E-state index in [0.717, 1.165) is 23.1 Å². The zero-order valence-corrected chi connectivity index (χ0v) is 13.2. The van der Waals surface area contributed by atoms with Crippen molar-refractivity contribution >= 4 is 14.7 Å². The largest absolute Gasteiger partial charge is 0.207 e. The van der Waals surface area contributed by atoms with Gasteiger partial charge in [0.25, 0.3) is 0 Å². The van der Waals surface area contributed by atoms with Crippen molar-refractivity contribution in [2.24, 2.45) is 11.8 Å². The molecular weight excluding hydrogens is 258 g/mol. The molecule has 19 heavy (non-hydrogen) atoms. The van der Waals surface area contributed by atoms with Crippen LogP contribution in [0.1, 0.15) is 45.4 Å². The maximum Gasteiger partial charge on any atom is 0.125 e. The van der Waals surface area contributed by atoms with Gasteiger partial charge in [-0.15, -0.1) is 0 Å². The van der Waals surface area contributed by atoms with E-state index in [1.807, 2.05) is 0 Å². The van der Waals surface area contributed by atoms with Crippen molar-refractivity contribution in [1.29, 1.82) is 0 Å². The summed E-state index contributed by atoms with van der Waals surface area (Å²) in [5, 5.41) is 0.938. The number of halogens is 2. The summed E-state index contributed by atoms with van der Waals surface area (Å²) < 4.78 is 26.2. The summed E-state index contributed by atoms with van der Waals surface area (Å²) in [4.78, 5) is 0. The van der Waals surface area contributed by atoms with Crippen molar-refractivity contribution in [3.8, 4) is 0 Å². The molecule has 0 N–H and O–H groups in total. The first kappa shape index (κ1) is 14.7. The zero-order valence-electron chi connectivity index (χ0n) is 11.8. The van der Waals surface area contributed by atoms with Crippen molar-refractivity contribution < 1.29 is 8.78 Å². The quantitative estimate of drug-likeness (QED) is 0.721. The first-order chi connectivity index (χ1) is 9.17. The Kier molecular flexibility index (Phi) is 5.55. The van der Waals surface area contributed by atoms with Gasteiger partial charge in [0.05, 0.1) is 9.52 Å². The van der Waals surface area contributed by atoms with Crippen molar-refractivity contribution in [3.63, 3.8) is 0 Å². The Balaban J connectivity index is 1.77. The molecule has 1 aromatic rings. The molecule has 1 fully saturated rings. The van der Waals surface area contributed by atoms with Gasteiger partial charge in [0.15, 0.2) is 0 Å². The number of rotatable bonds is 5. The molecular formula is C16H24F2Si. The topological polar surface area (TPSA) is 0 Å². The third-order valence-corrected chi connectivity index (χ3v) is 6.52.